The van der Waals surface area contributed by atoms with Crippen LogP contribution in [-0.2, 0) is 11.3 Å². The molecule has 1 aliphatic carbocycles. The lowest BCUT2D eigenvalue weighted by Gasteiger charge is -2.37. The summed E-state index contributed by atoms with van der Waals surface area (Å²) in [6, 6.07) is 9.17. The van der Waals surface area contributed by atoms with Gasteiger partial charge in [-0.1, -0.05) is 25.3 Å². The minimum Gasteiger partial charge on any atom is -0.350 e. The summed E-state index contributed by atoms with van der Waals surface area (Å²) in [6.45, 7) is 1.57. The predicted octanol–water partition coefficient (Wildman–Crippen LogP) is 2.82. The number of amides is 2. The Morgan fingerprint density at radius 1 is 1.07 bits per heavy atom. The largest absolute Gasteiger partial charge is 0.350 e. The first-order chi connectivity index (χ1) is 13.7. The molecule has 4 rings (SSSR count). The van der Waals surface area contributed by atoms with Gasteiger partial charge in [0, 0.05) is 42.7 Å². The second kappa shape index (κ2) is 8.09. The van der Waals surface area contributed by atoms with Crippen molar-refractivity contribution >= 4 is 11.8 Å². The van der Waals surface area contributed by atoms with E-state index in [0.717, 1.165) is 31.4 Å². The summed E-state index contributed by atoms with van der Waals surface area (Å²) in [7, 11) is 0. The number of nitrogens with one attached hydrogen (secondary N) is 1. The first kappa shape index (κ1) is 18.6. The van der Waals surface area contributed by atoms with Crippen LogP contribution in [0.5, 0.6) is 0 Å². The van der Waals surface area contributed by atoms with Gasteiger partial charge in [-0.15, -0.1) is 0 Å². The van der Waals surface area contributed by atoms with Crippen LogP contribution in [0.2, 0.25) is 0 Å². The van der Waals surface area contributed by atoms with Crippen LogP contribution in [0.25, 0.3) is 0 Å². The average Bonchev–Trinajstić information content (AvgIpc) is 3.12. The van der Waals surface area contributed by atoms with Crippen molar-refractivity contribution in [2.24, 2.45) is 11.3 Å². The molecule has 6 nitrogen and oxygen atoms in total. The van der Waals surface area contributed by atoms with E-state index in [-0.39, 0.29) is 23.1 Å². The van der Waals surface area contributed by atoms with Gasteiger partial charge in [-0.3, -0.25) is 19.6 Å². The molecule has 3 heterocycles. The van der Waals surface area contributed by atoms with Gasteiger partial charge < -0.3 is 10.2 Å². The maximum atomic E-state index is 13.1. The number of hydrogen-bond acceptors (Lipinski definition) is 4. The highest BCUT2D eigenvalue weighted by atomic mass is 16.2. The van der Waals surface area contributed by atoms with Gasteiger partial charge in [0.2, 0.25) is 5.91 Å². The van der Waals surface area contributed by atoms with Crippen molar-refractivity contribution in [1.82, 2.24) is 20.2 Å². The molecule has 0 bridgehead atoms. The number of hydrogen-bond donors (Lipinski definition) is 1. The van der Waals surface area contributed by atoms with Crippen molar-refractivity contribution in [2.75, 3.05) is 13.1 Å². The molecule has 2 aliphatic rings. The lowest BCUT2D eigenvalue weighted by molar-refractivity contribution is -0.128. The molecular weight excluding hydrogens is 352 g/mol. The minimum absolute atomic E-state index is 0.00706. The van der Waals surface area contributed by atoms with Crippen molar-refractivity contribution in [3.05, 3.63) is 60.2 Å². The third-order valence-electron chi connectivity index (χ3n) is 6.20. The molecule has 146 valence electrons. The van der Waals surface area contributed by atoms with E-state index in [4.69, 9.17) is 0 Å². The summed E-state index contributed by atoms with van der Waals surface area (Å²) in [5.41, 5.74) is 1.38. The van der Waals surface area contributed by atoms with Crippen molar-refractivity contribution in [1.29, 1.82) is 0 Å². The van der Waals surface area contributed by atoms with Crippen molar-refractivity contribution in [3.63, 3.8) is 0 Å². The van der Waals surface area contributed by atoms with E-state index in [0.29, 0.717) is 25.2 Å². The molecule has 1 saturated heterocycles. The van der Waals surface area contributed by atoms with Crippen LogP contribution in [0.1, 0.15) is 48.2 Å². The molecule has 1 atom stereocenters. The molecule has 1 saturated carbocycles. The van der Waals surface area contributed by atoms with E-state index in [1.165, 1.54) is 6.42 Å². The predicted molar refractivity (Wildman–Crippen MR) is 105 cm³/mol. The molecule has 0 aromatic carbocycles. The van der Waals surface area contributed by atoms with Gasteiger partial charge in [0.15, 0.2) is 0 Å². The van der Waals surface area contributed by atoms with Crippen LogP contribution in [0, 0.1) is 11.3 Å². The Morgan fingerprint density at radius 3 is 2.57 bits per heavy atom. The Balaban J connectivity index is 1.50. The van der Waals surface area contributed by atoms with E-state index in [2.05, 4.69) is 15.3 Å². The summed E-state index contributed by atoms with van der Waals surface area (Å²) in [5.74, 6) is -0.132. The van der Waals surface area contributed by atoms with Gasteiger partial charge in [-0.05, 0) is 37.1 Å². The molecule has 2 amide bonds. The maximum Gasteiger partial charge on any atom is 0.254 e. The minimum atomic E-state index is -0.165. The molecule has 1 N–H and O–H groups in total. The molecule has 2 aromatic rings. The zero-order valence-corrected chi connectivity index (χ0v) is 16.0. The lowest BCUT2D eigenvalue weighted by atomic mass is 9.67. The number of likely N-dealkylation sites (tertiary alicyclic amines) is 1. The van der Waals surface area contributed by atoms with Crippen molar-refractivity contribution in [3.8, 4) is 0 Å². The first-order valence-electron chi connectivity index (χ1n) is 10.0. The number of carbonyl (C=O) groups excluding carboxylic acids is 2. The van der Waals surface area contributed by atoms with E-state index >= 15 is 0 Å². The van der Waals surface area contributed by atoms with Crippen molar-refractivity contribution in [2.45, 2.75) is 38.6 Å². The van der Waals surface area contributed by atoms with Crippen LogP contribution < -0.4 is 5.32 Å². The van der Waals surface area contributed by atoms with Crippen LogP contribution in [0.4, 0.5) is 0 Å². The number of carbonyl (C=O) groups is 2. The summed E-state index contributed by atoms with van der Waals surface area (Å²) in [6.07, 6.45) is 10.5. The van der Waals surface area contributed by atoms with Crippen LogP contribution in [0.15, 0.2) is 48.9 Å². The average molecular weight is 378 g/mol. The molecule has 1 aliphatic heterocycles. The van der Waals surface area contributed by atoms with E-state index in [1.807, 2.05) is 23.1 Å². The molecule has 2 fully saturated rings. The molecule has 28 heavy (non-hydrogen) atoms. The fraction of sp³-hybridized carbons (Fsp3) is 0.455. The molecule has 0 radical (unpaired) electrons. The van der Waals surface area contributed by atoms with Gasteiger partial charge in [0.25, 0.3) is 5.91 Å². The number of nitrogens with zero attached hydrogens (tertiary/aromatic N) is 3. The molecule has 2 aromatic heterocycles. The number of aromatic nitrogens is 2. The Labute approximate surface area is 165 Å². The number of pyridine rings is 2. The van der Waals surface area contributed by atoms with Gasteiger partial charge >= 0.3 is 0 Å². The standard InChI is InChI=1S/C22H26N4O2/c27-20(25-14-18-6-2-5-11-24-18)19-15-26(16-22(19)9-3-1-4-10-22)21(28)17-7-12-23-13-8-17/h2,5-8,11-13,19H,1,3-4,9-10,14-16H2,(H,25,27). The van der Waals surface area contributed by atoms with E-state index in [1.54, 1.807) is 30.7 Å². The van der Waals surface area contributed by atoms with Gasteiger partial charge in [0.1, 0.15) is 0 Å². The van der Waals surface area contributed by atoms with Gasteiger partial charge in [-0.2, -0.15) is 0 Å². The Kier molecular flexibility index (Phi) is 5.37. The summed E-state index contributed by atoms with van der Waals surface area (Å²) in [5, 5.41) is 3.06. The van der Waals surface area contributed by atoms with Crippen molar-refractivity contribution < 1.29 is 9.59 Å². The highest BCUT2D eigenvalue weighted by Gasteiger charge is 2.51. The lowest BCUT2D eigenvalue weighted by Crippen LogP contribution is -2.42. The highest BCUT2D eigenvalue weighted by molar-refractivity contribution is 5.95. The van der Waals surface area contributed by atoms with Crippen LogP contribution in [0.3, 0.4) is 0 Å². The third-order valence-corrected chi connectivity index (χ3v) is 6.20. The monoisotopic (exact) mass is 378 g/mol. The summed E-state index contributed by atoms with van der Waals surface area (Å²) < 4.78 is 0. The quantitative estimate of drug-likeness (QED) is 0.888. The van der Waals surface area contributed by atoms with Crippen LogP contribution >= 0.6 is 0 Å². The SMILES string of the molecule is O=C(NCc1ccccn1)C1CN(C(=O)c2ccncc2)CC12CCCCC2. The first-order valence-corrected chi connectivity index (χ1v) is 10.0. The normalized spacial score (nSPS) is 20.9. The second-order valence-corrected chi connectivity index (χ2v) is 7.94. The fourth-order valence-electron chi connectivity index (χ4n) is 4.73. The summed E-state index contributed by atoms with van der Waals surface area (Å²) in [4.78, 5) is 36.2. The highest BCUT2D eigenvalue weighted by Crippen LogP contribution is 2.48. The maximum absolute atomic E-state index is 13.1. The summed E-state index contributed by atoms with van der Waals surface area (Å²) >= 11 is 0. The van der Waals surface area contributed by atoms with E-state index in [9.17, 15) is 9.59 Å². The van der Waals surface area contributed by atoms with Crippen LogP contribution in [-0.4, -0.2) is 39.8 Å². The third kappa shape index (κ3) is 3.77. The van der Waals surface area contributed by atoms with E-state index < -0.39 is 0 Å². The molecule has 1 spiro atoms. The van der Waals surface area contributed by atoms with Gasteiger partial charge in [-0.25, -0.2) is 0 Å². The second-order valence-electron chi connectivity index (χ2n) is 7.94. The Morgan fingerprint density at radius 2 is 1.86 bits per heavy atom. The Hall–Kier alpha value is -2.76. The fourth-order valence-corrected chi connectivity index (χ4v) is 4.73. The molecule has 1 unspecified atom stereocenters. The Bertz CT molecular complexity index is 819. The molecule has 6 heteroatoms. The smallest absolute Gasteiger partial charge is 0.254 e. The topological polar surface area (TPSA) is 75.2 Å². The number of rotatable bonds is 4. The zero-order valence-electron chi connectivity index (χ0n) is 16.0. The molecular formula is C22H26N4O2. The zero-order chi connectivity index (χ0) is 19.4. The van der Waals surface area contributed by atoms with Gasteiger partial charge in [0.05, 0.1) is 18.2 Å².